The van der Waals surface area contributed by atoms with Crippen molar-refractivity contribution in [2.75, 3.05) is 25.5 Å². The first-order valence-corrected chi connectivity index (χ1v) is 10.3. The summed E-state index contributed by atoms with van der Waals surface area (Å²) in [5, 5.41) is 0.907. The van der Waals surface area contributed by atoms with Gasteiger partial charge in [-0.2, -0.15) is 0 Å². The lowest BCUT2D eigenvalue weighted by atomic mass is 10.1. The van der Waals surface area contributed by atoms with Crippen molar-refractivity contribution < 1.29 is 14.0 Å². The van der Waals surface area contributed by atoms with Crippen molar-refractivity contribution in [2.45, 2.75) is 26.4 Å². The fourth-order valence-corrected chi connectivity index (χ4v) is 4.09. The van der Waals surface area contributed by atoms with Crippen molar-refractivity contribution in [3.05, 3.63) is 59.5 Å². The van der Waals surface area contributed by atoms with Crippen molar-refractivity contribution >= 4 is 34.5 Å². The first-order valence-electron chi connectivity index (χ1n) is 9.75. The average Bonchev–Trinajstić information content (AvgIpc) is 3.31. The molecule has 0 bridgehead atoms. The first kappa shape index (κ1) is 19.6. The quantitative estimate of drug-likeness (QED) is 0.615. The summed E-state index contributed by atoms with van der Waals surface area (Å²) < 4.78 is 7.61. The molecule has 2 aromatic heterocycles. The molecule has 1 aromatic carbocycles. The average molecular weight is 414 g/mol. The Bertz CT molecular complexity index is 1040. The van der Waals surface area contributed by atoms with Gasteiger partial charge < -0.3 is 18.8 Å². The summed E-state index contributed by atoms with van der Waals surface area (Å²) in [6, 6.07) is 12.0. The van der Waals surface area contributed by atoms with Gasteiger partial charge in [0, 0.05) is 31.1 Å². The van der Waals surface area contributed by atoms with Crippen molar-refractivity contribution in [1.82, 2.24) is 14.4 Å². The molecule has 29 heavy (non-hydrogen) atoms. The van der Waals surface area contributed by atoms with Crippen LogP contribution in [0.5, 0.6) is 0 Å². The number of piperazine rings is 1. The second-order valence-corrected chi connectivity index (χ2v) is 7.87. The fourth-order valence-electron chi connectivity index (χ4n) is 3.94. The standard InChI is InChI=1S/C22H24ClN3O3/c1-15-3-5-17(6-4-15)14-26-19(11-18-7-10-29-22(18)26)21(28)24-8-9-25(16(2)13-24)20(27)12-23/h3-7,10-11,16H,8-9,12-14H2,1-2H3/t16-/m1/s1. The molecule has 0 radical (unpaired) electrons. The first-order chi connectivity index (χ1) is 14.0. The fraction of sp³-hybridized carbons (Fsp3) is 0.364. The third kappa shape index (κ3) is 3.77. The van der Waals surface area contributed by atoms with Gasteiger partial charge >= 0.3 is 0 Å². The zero-order valence-corrected chi connectivity index (χ0v) is 17.4. The van der Waals surface area contributed by atoms with Crippen LogP contribution in [0.2, 0.25) is 0 Å². The molecule has 2 amide bonds. The lowest BCUT2D eigenvalue weighted by Gasteiger charge is -2.39. The number of aryl methyl sites for hydroxylation is 1. The van der Waals surface area contributed by atoms with Gasteiger partial charge in [0.05, 0.1) is 12.8 Å². The van der Waals surface area contributed by atoms with Crippen LogP contribution >= 0.6 is 11.6 Å². The second-order valence-electron chi connectivity index (χ2n) is 7.60. The third-order valence-corrected chi connectivity index (χ3v) is 5.76. The van der Waals surface area contributed by atoms with Crippen LogP contribution in [0, 0.1) is 6.92 Å². The predicted molar refractivity (Wildman–Crippen MR) is 112 cm³/mol. The largest absolute Gasteiger partial charge is 0.448 e. The molecule has 1 saturated heterocycles. The van der Waals surface area contributed by atoms with Crippen LogP contribution in [0.3, 0.4) is 0 Å². The maximum Gasteiger partial charge on any atom is 0.270 e. The normalized spacial score (nSPS) is 17.1. The minimum absolute atomic E-state index is 0.0337. The van der Waals surface area contributed by atoms with E-state index in [4.69, 9.17) is 16.0 Å². The van der Waals surface area contributed by atoms with Crippen molar-refractivity contribution in [2.24, 2.45) is 0 Å². The Morgan fingerprint density at radius 2 is 1.93 bits per heavy atom. The Morgan fingerprint density at radius 3 is 2.62 bits per heavy atom. The molecule has 0 aliphatic carbocycles. The van der Waals surface area contributed by atoms with Gasteiger partial charge in [0.1, 0.15) is 11.6 Å². The smallest absolute Gasteiger partial charge is 0.270 e. The number of furan rings is 1. The van der Waals surface area contributed by atoms with Crippen LogP contribution in [-0.2, 0) is 11.3 Å². The van der Waals surface area contributed by atoms with Crippen LogP contribution in [0.4, 0.5) is 0 Å². The molecular formula is C22H24ClN3O3. The van der Waals surface area contributed by atoms with E-state index >= 15 is 0 Å². The highest BCUT2D eigenvalue weighted by Gasteiger charge is 2.31. The molecule has 0 saturated carbocycles. The number of halogens is 1. The molecule has 7 heteroatoms. The van der Waals surface area contributed by atoms with Crippen molar-refractivity contribution in [3.63, 3.8) is 0 Å². The minimum Gasteiger partial charge on any atom is -0.448 e. The predicted octanol–water partition coefficient (Wildman–Crippen LogP) is 3.50. The number of carbonyl (C=O) groups excluding carboxylic acids is 2. The monoisotopic (exact) mass is 413 g/mol. The van der Waals surface area contributed by atoms with E-state index in [0.29, 0.717) is 37.6 Å². The zero-order valence-electron chi connectivity index (χ0n) is 16.6. The maximum absolute atomic E-state index is 13.4. The Labute approximate surface area is 174 Å². The number of rotatable bonds is 4. The summed E-state index contributed by atoms with van der Waals surface area (Å²) >= 11 is 5.70. The van der Waals surface area contributed by atoms with E-state index in [1.54, 1.807) is 11.2 Å². The molecule has 4 rings (SSSR count). The third-order valence-electron chi connectivity index (χ3n) is 5.53. The molecule has 0 spiro atoms. The molecule has 1 aliphatic heterocycles. The van der Waals surface area contributed by atoms with Gasteiger partial charge in [-0.1, -0.05) is 29.8 Å². The molecule has 6 nitrogen and oxygen atoms in total. The number of aromatic nitrogens is 1. The summed E-state index contributed by atoms with van der Waals surface area (Å²) in [5.41, 5.74) is 3.59. The van der Waals surface area contributed by atoms with Gasteiger partial charge in [0.15, 0.2) is 0 Å². The lowest BCUT2D eigenvalue weighted by molar-refractivity contribution is -0.132. The number of hydrogen-bond donors (Lipinski definition) is 0. The number of amides is 2. The molecule has 0 unspecified atom stereocenters. The van der Waals surface area contributed by atoms with E-state index in [9.17, 15) is 9.59 Å². The number of carbonyl (C=O) groups is 2. The highest BCUT2D eigenvalue weighted by atomic mass is 35.5. The molecule has 152 valence electrons. The SMILES string of the molecule is Cc1ccc(Cn2c(C(=O)N3CCN(C(=O)CCl)[C@H](C)C3)cc3ccoc32)cc1. The summed E-state index contributed by atoms with van der Waals surface area (Å²) in [7, 11) is 0. The van der Waals surface area contributed by atoms with Gasteiger partial charge in [-0.25, -0.2) is 0 Å². The van der Waals surface area contributed by atoms with Crippen LogP contribution in [-0.4, -0.2) is 57.7 Å². The zero-order chi connectivity index (χ0) is 20.5. The number of fused-ring (bicyclic) bond motifs is 1. The number of alkyl halides is 1. The van der Waals surface area contributed by atoms with E-state index < -0.39 is 0 Å². The molecule has 3 heterocycles. The molecule has 1 atom stereocenters. The van der Waals surface area contributed by atoms with Crippen molar-refractivity contribution in [3.8, 4) is 0 Å². The molecular weight excluding hydrogens is 390 g/mol. The highest BCUT2D eigenvalue weighted by molar-refractivity contribution is 6.27. The number of nitrogens with zero attached hydrogens (tertiary/aromatic N) is 3. The molecule has 1 fully saturated rings. The summed E-state index contributed by atoms with van der Waals surface area (Å²) in [6.07, 6.45) is 1.64. The second kappa shape index (κ2) is 7.95. The minimum atomic E-state index is -0.0912. The molecule has 3 aromatic rings. The number of benzene rings is 1. The lowest BCUT2D eigenvalue weighted by Crippen LogP contribution is -2.56. The van der Waals surface area contributed by atoms with Crippen LogP contribution in [0.15, 0.2) is 47.1 Å². The summed E-state index contributed by atoms with van der Waals surface area (Å²) in [4.78, 5) is 28.9. The van der Waals surface area contributed by atoms with Gasteiger partial charge in [-0.15, -0.1) is 11.6 Å². The van der Waals surface area contributed by atoms with Gasteiger partial charge in [0.25, 0.3) is 5.91 Å². The van der Waals surface area contributed by atoms with E-state index in [-0.39, 0.29) is 23.7 Å². The van der Waals surface area contributed by atoms with Crippen LogP contribution in [0.1, 0.15) is 28.5 Å². The van der Waals surface area contributed by atoms with E-state index in [2.05, 4.69) is 31.2 Å². The van der Waals surface area contributed by atoms with Gasteiger partial charge in [0.2, 0.25) is 11.6 Å². The van der Waals surface area contributed by atoms with E-state index in [0.717, 1.165) is 10.9 Å². The highest BCUT2D eigenvalue weighted by Crippen LogP contribution is 2.25. The Hall–Kier alpha value is -2.73. The van der Waals surface area contributed by atoms with Gasteiger partial charge in [-0.05, 0) is 31.5 Å². The molecule has 0 N–H and O–H groups in total. The Morgan fingerprint density at radius 1 is 1.17 bits per heavy atom. The van der Waals surface area contributed by atoms with E-state index in [1.807, 2.05) is 28.5 Å². The van der Waals surface area contributed by atoms with Crippen LogP contribution in [0.25, 0.3) is 11.1 Å². The van der Waals surface area contributed by atoms with E-state index in [1.165, 1.54) is 5.56 Å². The summed E-state index contributed by atoms with van der Waals surface area (Å²) in [5.74, 6) is -0.173. The summed E-state index contributed by atoms with van der Waals surface area (Å²) in [6.45, 7) is 6.02. The van der Waals surface area contributed by atoms with Gasteiger partial charge in [-0.3, -0.25) is 9.59 Å². The van der Waals surface area contributed by atoms with Crippen LogP contribution < -0.4 is 0 Å². The molecule has 1 aliphatic rings. The topological polar surface area (TPSA) is 58.7 Å². The maximum atomic E-state index is 13.4. The Kier molecular flexibility index (Phi) is 5.37. The Balaban J connectivity index is 1.60. The number of hydrogen-bond acceptors (Lipinski definition) is 3. The van der Waals surface area contributed by atoms with Crippen molar-refractivity contribution in [1.29, 1.82) is 0 Å².